The number of amides is 2. The summed E-state index contributed by atoms with van der Waals surface area (Å²) in [4.78, 5) is 54.8. The number of aromatic amines is 2. The number of carbonyl (C=O) groups is 2. The zero-order chi connectivity index (χ0) is 54.5. The molecule has 2 saturated heterocycles. The number of likely N-dealkylation sites (N-methyl/N-ethyl adjacent to an activating group) is 4. The van der Waals surface area contributed by atoms with E-state index in [1.54, 1.807) is 37.7 Å². The van der Waals surface area contributed by atoms with E-state index in [9.17, 15) is 19.8 Å². The van der Waals surface area contributed by atoms with Crippen LogP contribution in [0.25, 0.3) is 66.6 Å². The number of aromatic nitrogens is 4. The third kappa shape index (κ3) is 10.5. The van der Waals surface area contributed by atoms with Gasteiger partial charge >= 0.3 is 0 Å². The summed E-state index contributed by atoms with van der Waals surface area (Å²) in [6.45, 7) is 15.2. The second-order valence-corrected chi connectivity index (χ2v) is 22.8. The molecule has 0 radical (unpaired) electrons. The summed E-state index contributed by atoms with van der Waals surface area (Å²) in [7, 11) is 7.88. The number of piperazine rings is 2. The highest BCUT2D eigenvalue weighted by atomic mass is 16.3. The molecule has 14 heteroatoms. The molecule has 4 aliphatic heterocycles. The lowest BCUT2D eigenvalue weighted by atomic mass is 9.89. The van der Waals surface area contributed by atoms with Gasteiger partial charge in [-0.25, -0.2) is 9.97 Å². The lowest BCUT2D eigenvalue weighted by Gasteiger charge is -2.46. The van der Waals surface area contributed by atoms with Crippen LogP contribution in [-0.4, -0.2) is 166 Å². The van der Waals surface area contributed by atoms with Crippen molar-refractivity contribution in [2.45, 2.75) is 77.7 Å². The van der Waals surface area contributed by atoms with E-state index in [0.29, 0.717) is 36.3 Å². The number of nitrogens with one attached hydrogen (secondary N) is 2. The fraction of sp³-hybridized carbons (Fsp3) is 0.375. The zero-order valence-electron chi connectivity index (χ0n) is 46.5. The van der Waals surface area contributed by atoms with E-state index < -0.39 is 12.2 Å². The topological polar surface area (TPSA) is 151 Å². The summed E-state index contributed by atoms with van der Waals surface area (Å²) in [6.07, 6.45) is 11.4. The zero-order valence-corrected chi connectivity index (χ0v) is 46.5. The van der Waals surface area contributed by atoms with Gasteiger partial charge in [-0.15, -0.1) is 0 Å². The molecule has 4 atom stereocenters. The molecule has 14 nitrogen and oxygen atoms in total. The predicted octanol–water partition coefficient (Wildman–Crippen LogP) is 9.45. The Balaban J connectivity index is 0.000000165. The molecule has 4 N–H and O–H groups in total. The average molecular weight is 1050 g/mol. The molecule has 8 aromatic rings. The van der Waals surface area contributed by atoms with Crippen LogP contribution in [0, 0.1) is 13.8 Å². The number of benzene rings is 4. The molecular weight excluding hydrogens is 973 g/mol. The van der Waals surface area contributed by atoms with Crippen molar-refractivity contribution in [3.05, 3.63) is 143 Å². The van der Waals surface area contributed by atoms with Crippen LogP contribution in [0.3, 0.4) is 0 Å². The number of pyridine rings is 2. The standard InChI is InChI=1S/2C32H37N5O2/c2*1-20-13-25(14-24-9-10-27-19-35(3)11-12-37(27)30(20)24)26-15-28-29(17-34-31(28)33-16-26)22-5-7-23(8-6-22)32(39)36(4)18-21(2)38/h2*5-8,13-17,21,27,38H,9-12,18-19H2,1-4H3,(H,33,34)/t21-,27+;21-,27-/m11/s1. The van der Waals surface area contributed by atoms with Crippen molar-refractivity contribution in [1.29, 1.82) is 0 Å². The molecule has 4 aromatic carbocycles. The maximum atomic E-state index is 12.7. The van der Waals surface area contributed by atoms with E-state index in [1.807, 2.05) is 73.3 Å². The number of nitrogens with zero attached hydrogens (tertiary/aromatic N) is 8. The fourth-order valence-electron chi connectivity index (χ4n) is 12.8. The molecule has 8 heterocycles. The quantitative estimate of drug-likeness (QED) is 0.104. The number of aliphatic hydroxyl groups is 2. The summed E-state index contributed by atoms with van der Waals surface area (Å²) in [5.41, 5.74) is 20.2. The van der Waals surface area contributed by atoms with Gasteiger partial charge in [0.15, 0.2) is 0 Å². The number of aliphatic hydroxyl groups excluding tert-OH is 2. The van der Waals surface area contributed by atoms with E-state index >= 15 is 0 Å². The minimum Gasteiger partial charge on any atom is -0.392 e. The Kier molecular flexibility index (Phi) is 14.7. The van der Waals surface area contributed by atoms with Crippen molar-refractivity contribution >= 4 is 45.3 Å². The predicted molar refractivity (Wildman–Crippen MR) is 315 cm³/mol. The molecule has 4 aromatic heterocycles. The van der Waals surface area contributed by atoms with Gasteiger partial charge in [-0.3, -0.25) is 9.59 Å². The lowest BCUT2D eigenvalue weighted by Crippen LogP contribution is -2.54. The number of rotatable bonds is 10. The first kappa shape index (κ1) is 52.7. The molecular formula is C64H74N10O4. The van der Waals surface area contributed by atoms with Crippen LogP contribution in [0.4, 0.5) is 11.4 Å². The van der Waals surface area contributed by atoms with Crippen LogP contribution in [-0.2, 0) is 12.8 Å². The Morgan fingerprint density at radius 3 is 1.36 bits per heavy atom. The van der Waals surface area contributed by atoms with E-state index in [1.165, 1.54) is 57.6 Å². The minimum atomic E-state index is -0.561. The second kappa shape index (κ2) is 21.8. The SMILES string of the molecule is Cc1cc(-c2cnc3[nH]cc(-c4ccc(C(=O)N(C)C[C@@H](C)O)cc4)c3c2)cc2c1N1CCN(C)C[C@@H]1CC2.Cc1cc(-c2cnc3[nH]cc(-c4ccc(C(=O)N(C)C[C@@H](C)O)cc4)c3c2)cc2c1N1CCN(C)C[C@H]1CC2. The van der Waals surface area contributed by atoms with Crippen molar-refractivity contribution in [2.75, 3.05) is 90.3 Å². The van der Waals surface area contributed by atoms with Gasteiger partial charge in [0.25, 0.3) is 11.8 Å². The van der Waals surface area contributed by atoms with Crippen molar-refractivity contribution in [3.63, 3.8) is 0 Å². The highest BCUT2D eigenvalue weighted by Crippen LogP contribution is 2.42. The second-order valence-electron chi connectivity index (χ2n) is 22.8. The molecule has 2 amide bonds. The van der Waals surface area contributed by atoms with Crippen LogP contribution >= 0.6 is 0 Å². The summed E-state index contributed by atoms with van der Waals surface area (Å²) in [5.74, 6) is -0.202. The number of hydrogen-bond donors (Lipinski definition) is 4. The molecule has 0 bridgehead atoms. The van der Waals surface area contributed by atoms with Crippen LogP contribution in [0.5, 0.6) is 0 Å². The number of H-pyrrole nitrogens is 2. The van der Waals surface area contributed by atoms with Crippen molar-refractivity contribution in [2.24, 2.45) is 0 Å². The summed E-state index contributed by atoms with van der Waals surface area (Å²) in [5, 5.41) is 21.4. The van der Waals surface area contributed by atoms with Gasteiger partial charge in [0.2, 0.25) is 0 Å². The van der Waals surface area contributed by atoms with Gasteiger partial charge in [0.1, 0.15) is 11.3 Å². The summed E-state index contributed by atoms with van der Waals surface area (Å²) in [6, 6.07) is 30.4. The van der Waals surface area contributed by atoms with E-state index in [0.717, 1.165) is 108 Å². The molecule has 0 aliphatic carbocycles. The fourth-order valence-corrected chi connectivity index (χ4v) is 12.8. The minimum absolute atomic E-state index is 0.101. The van der Waals surface area contributed by atoms with Gasteiger partial charge < -0.3 is 49.6 Å². The number of aryl methyl sites for hydroxylation is 4. The van der Waals surface area contributed by atoms with Crippen LogP contribution in [0.15, 0.2) is 110 Å². The first-order valence-electron chi connectivity index (χ1n) is 27.8. The third-order valence-electron chi connectivity index (χ3n) is 16.6. The Bertz CT molecular complexity index is 3280. The Morgan fingerprint density at radius 1 is 0.577 bits per heavy atom. The smallest absolute Gasteiger partial charge is 0.253 e. The highest BCUT2D eigenvalue weighted by Gasteiger charge is 2.33. The van der Waals surface area contributed by atoms with E-state index in [-0.39, 0.29) is 11.8 Å². The Morgan fingerprint density at radius 2 is 0.974 bits per heavy atom. The van der Waals surface area contributed by atoms with Crippen LogP contribution < -0.4 is 9.80 Å². The van der Waals surface area contributed by atoms with Crippen LogP contribution in [0.2, 0.25) is 0 Å². The number of anilines is 2. The number of carbonyl (C=O) groups excluding carboxylic acids is 2. The molecule has 2 fully saturated rings. The van der Waals surface area contributed by atoms with Gasteiger partial charge in [-0.1, -0.05) is 24.3 Å². The van der Waals surface area contributed by atoms with Crippen molar-refractivity contribution < 1.29 is 19.8 Å². The molecule has 78 heavy (non-hydrogen) atoms. The molecule has 0 unspecified atom stereocenters. The molecule has 12 rings (SSSR count). The van der Waals surface area contributed by atoms with Gasteiger partial charge in [0, 0.05) is 159 Å². The maximum Gasteiger partial charge on any atom is 0.253 e. The molecule has 404 valence electrons. The molecule has 4 aliphatic rings. The van der Waals surface area contributed by atoms with E-state index in [4.69, 9.17) is 9.97 Å². The Labute approximate surface area is 458 Å². The first-order chi connectivity index (χ1) is 37.6. The maximum absolute atomic E-state index is 12.7. The van der Waals surface area contributed by atoms with Crippen LogP contribution in [0.1, 0.15) is 69.7 Å². The summed E-state index contributed by atoms with van der Waals surface area (Å²) < 4.78 is 0. The average Bonchev–Trinajstić information content (AvgIpc) is 4.17. The number of fused-ring (bicyclic) bond motifs is 8. The highest BCUT2D eigenvalue weighted by molar-refractivity contribution is 6.00. The molecule has 0 spiro atoms. The first-order valence-corrected chi connectivity index (χ1v) is 27.8. The van der Waals surface area contributed by atoms with E-state index in [2.05, 4.69) is 93.9 Å². The largest absolute Gasteiger partial charge is 0.392 e. The third-order valence-corrected chi connectivity index (χ3v) is 16.6. The van der Waals surface area contributed by atoms with Crippen molar-refractivity contribution in [3.8, 4) is 44.5 Å². The monoisotopic (exact) mass is 1050 g/mol. The van der Waals surface area contributed by atoms with Gasteiger partial charge in [-0.05, 0) is 173 Å². The lowest BCUT2D eigenvalue weighted by molar-refractivity contribution is 0.0700. The molecule has 0 saturated carbocycles. The van der Waals surface area contributed by atoms with Gasteiger partial charge in [-0.2, -0.15) is 0 Å². The Hall–Kier alpha value is -7.36. The summed E-state index contributed by atoms with van der Waals surface area (Å²) >= 11 is 0. The van der Waals surface area contributed by atoms with Gasteiger partial charge in [0.05, 0.1) is 12.2 Å². The number of hydrogen-bond acceptors (Lipinski definition) is 10. The normalized spacial score (nSPS) is 18.1. The van der Waals surface area contributed by atoms with Crippen molar-refractivity contribution in [1.82, 2.24) is 39.5 Å².